The summed E-state index contributed by atoms with van der Waals surface area (Å²) in [6.07, 6.45) is 1.72. The van der Waals surface area contributed by atoms with Crippen LogP contribution in [0.4, 0.5) is 0 Å². The van der Waals surface area contributed by atoms with Crippen LogP contribution in [-0.2, 0) is 31.2 Å². The predicted octanol–water partition coefficient (Wildman–Crippen LogP) is 3.90. The van der Waals surface area contributed by atoms with E-state index in [-0.39, 0.29) is 18.1 Å². The maximum absolute atomic E-state index is 12.7. The van der Waals surface area contributed by atoms with E-state index in [4.69, 9.17) is 14.2 Å². The third-order valence-corrected chi connectivity index (χ3v) is 5.07. The van der Waals surface area contributed by atoms with E-state index in [0.717, 1.165) is 11.1 Å². The van der Waals surface area contributed by atoms with Gasteiger partial charge in [-0.25, -0.2) is 4.79 Å². The molecule has 28 heavy (non-hydrogen) atoms. The van der Waals surface area contributed by atoms with Crippen molar-refractivity contribution in [3.8, 4) is 0 Å². The molecule has 2 heterocycles. The number of ether oxygens (including phenoxy) is 3. The highest BCUT2D eigenvalue weighted by Gasteiger charge is 2.49. The summed E-state index contributed by atoms with van der Waals surface area (Å²) < 4.78 is 16.1. The van der Waals surface area contributed by atoms with Gasteiger partial charge < -0.3 is 19.3 Å². The molecule has 0 aromatic heterocycles. The number of carbonyl (C=O) groups is 1. The van der Waals surface area contributed by atoms with Crippen molar-refractivity contribution in [3.63, 3.8) is 0 Å². The zero-order valence-electron chi connectivity index (χ0n) is 15.8. The third-order valence-electron chi connectivity index (χ3n) is 5.07. The summed E-state index contributed by atoms with van der Waals surface area (Å²) in [5.74, 6) is -1.84. The lowest BCUT2D eigenvalue weighted by molar-refractivity contribution is -0.186. The molecule has 2 aliphatic rings. The molecule has 5 nitrogen and oxygen atoms in total. The predicted molar refractivity (Wildman–Crippen MR) is 103 cm³/mol. The summed E-state index contributed by atoms with van der Waals surface area (Å²) in [5.41, 5.74) is 3.26. The van der Waals surface area contributed by atoms with E-state index in [1.807, 2.05) is 42.5 Å². The fourth-order valence-electron chi connectivity index (χ4n) is 3.50. The van der Waals surface area contributed by atoms with Crippen molar-refractivity contribution in [2.45, 2.75) is 32.0 Å². The molecule has 0 bridgehead atoms. The van der Waals surface area contributed by atoms with E-state index in [0.29, 0.717) is 23.5 Å². The summed E-state index contributed by atoms with van der Waals surface area (Å²) >= 11 is 0. The average molecular weight is 378 g/mol. The quantitative estimate of drug-likeness (QED) is 0.800. The van der Waals surface area contributed by atoms with Crippen molar-refractivity contribution in [1.29, 1.82) is 0 Å². The summed E-state index contributed by atoms with van der Waals surface area (Å²) in [6, 6.07) is 17.1. The second-order valence-electron chi connectivity index (χ2n) is 7.24. The van der Waals surface area contributed by atoms with Gasteiger partial charge >= 0.3 is 5.97 Å². The number of hydrogen-bond donors (Lipinski definition) is 1. The van der Waals surface area contributed by atoms with Crippen molar-refractivity contribution in [2.24, 2.45) is 0 Å². The van der Waals surface area contributed by atoms with Gasteiger partial charge in [-0.3, -0.25) is 0 Å². The molecule has 0 spiro atoms. The number of cyclic esters (lactones) is 1. The molecule has 0 aliphatic carbocycles. The van der Waals surface area contributed by atoms with Gasteiger partial charge in [0.15, 0.2) is 5.76 Å². The highest BCUT2D eigenvalue weighted by molar-refractivity contribution is 5.97. The topological polar surface area (TPSA) is 65.0 Å². The molecule has 2 aromatic rings. The molecule has 0 amide bonds. The molecule has 1 atom stereocenters. The van der Waals surface area contributed by atoms with Crippen LogP contribution in [0.25, 0.3) is 0 Å². The normalized spacial score (nSPS) is 21.4. The van der Waals surface area contributed by atoms with E-state index in [1.54, 1.807) is 12.1 Å². The number of esters is 1. The first-order chi connectivity index (χ1) is 13.5. The van der Waals surface area contributed by atoms with Crippen molar-refractivity contribution in [3.05, 3.63) is 94.5 Å². The van der Waals surface area contributed by atoms with Crippen molar-refractivity contribution in [1.82, 2.24) is 0 Å². The molecule has 0 fully saturated rings. The third kappa shape index (κ3) is 3.18. The fourth-order valence-corrected chi connectivity index (χ4v) is 3.50. The Balaban J connectivity index is 1.81. The summed E-state index contributed by atoms with van der Waals surface area (Å²) in [4.78, 5) is 12.7. The van der Waals surface area contributed by atoms with Gasteiger partial charge in [-0.1, -0.05) is 68.4 Å². The summed E-state index contributed by atoms with van der Waals surface area (Å²) in [7, 11) is 0. The lowest BCUT2D eigenvalue weighted by Crippen LogP contribution is -2.29. The van der Waals surface area contributed by atoms with Crippen LogP contribution in [0.3, 0.4) is 0 Å². The van der Waals surface area contributed by atoms with Gasteiger partial charge in [-0.2, -0.15) is 0 Å². The largest absolute Gasteiger partial charge is 0.461 e. The first kappa shape index (κ1) is 18.3. The van der Waals surface area contributed by atoms with Crippen LogP contribution in [-0.4, -0.2) is 17.9 Å². The number of carbonyl (C=O) groups excluding carboxylic acids is 1. The van der Waals surface area contributed by atoms with Crippen LogP contribution >= 0.6 is 0 Å². The Hall–Kier alpha value is -3.05. The molecule has 4 rings (SSSR count). The molecule has 2 aromatic carbocycles. The zero-order valence-corrected chi connectivity index (χ0v) is 15.8. The Labute approximate surface area is 163 Å². The van der Waals surface area contributed by atoms with Crippen LogP contribution in [0.5, 0.6) is 0 Å². The minimum Gasteiger partial charge on any atom is -0.461 e. The van der Waals surface area contributed by atoms with E-state index < -0.39 is 11.8 Å². The van der Waals surface area contributed by atoms with Crippen LogP contribution in [0.2, 0.25) is 0 Å². The smallest absolute Gasteiger partial charge is 0.345 e. The van der Waals surface area contributed by atoms with Crippen LogP contribution in [0, 0.1) is 0 Å². The Bertz CT molecular complexity index is 941. The standard InChI is InChI=1S/C23H22O5/c1-15(2)17-8-10-18(11-9-17)23(25)19(12-16-6-4-3-5-7-16)21(22(24)28-23)20-13-26-14-27-20/h3-11,13,15,25H,12,14H2,1-2H3. The first-order valence-corrected chi connectivity index (χ1v) is 9.27. The van der Waals surface area contributed by atoms with E-state index >= 15 is 0 Å². The van der Waals surface area contributed by atoms with Crippen molar-refractivity contribution >= 4 is 5.97 Å². The molecule has 1 N–H and O–H groups in total. The van der Waals surface area contributed by atoms with Crippen molar-refractivity contribution < 1.29 is 24.1 Å². The molecule has 5 heteroatoms. The van der Waals surface area contributed by atoms with Gasteiger partial charge in [0.1, 0.15) is 11.8 Å². The molecule has 0 radical (unpaired) electrons. The molecule has 0 saturated heterocycles. The van der Waals surface area contributed by atoms with E-state index in [9.17, 15) is 9.90 Å². The second-order valence-corrected chi connectivity index (χ2v) is 7.24. The lowest BCUT2D eigenvalue weighted by atomic mass is 9.89. The van der Waals surface area contributed by atoms with Crippen LogP contribution in [0.1, 0.15) is 36.5 Å². The van der Waals surface area contributed by atoms with Crippen LogP contribution < -0.4 is 0 Å². The maximum atomic E-state index is 12.7. The first-order valence-electron chi connectivity index (χ1n) is 9.27. The number of rotatable bonds is 5. The Kier molecular flexibility index (Phi) is 4.69. The van der Waals surface area contributed by atoms with Crippen LogP contribution in [0.15, 0.2) is 77.8 Å². The summed E-state index contributed by atoms with van der Waals surface area (Å²) in [6.45, 7) is 4.23. The zero-order chi connectivity index (χ0) is 19.7. The van der Waals surface area contributed by atoms with E-state index in [1.165, 1.54) is 6.26 Å². The number of benzene rings is 2. The number of hydrogen-bond acceptors (Lipinski definition) is 5. The summed E-state index contributed by atoms with van der Waals surface area (Å²) in [5, 5.41) is 11.5. The van der Waals surface area contributed by atoms with E-state index in [2.05, 4.69) is 13.8 Å². The highest BCUT2D eigenvalue weighted by atomic mass is 16.7. The van der Waals surface area contributed by atoms with Gasteiger partial charge in [0.2, 0.25) is 6.79 Å². The highest BCUT2D eigenvalue weighted by Crippen LogP contribution is 2.44. The molecule has 2 aliphatic heterocycles. The fraction of sp³-hybridized carbons (Fsp3) is 0.261. The number of aliphatic hydroxyl groups is 1. The Morgan fingerprint density at radius 2 is 1.79 bits per heavy atom. The molecular weight excluding hydrogens is 356 g/mol. The monoisotopic (exact) mass is 378 g/mol. The lowest BCUT2D eigenvalue weighted by Gasteiger charge is -2.26. The SMILES string of the molecule is CC(C)c1ccc(C2(O)OC(=O)C(C3=COCO3)=C2Cc2ccccc2)cc1. The Morgan fingerprint density at radius 3 is 2.39 bits per heavy atom. The maximum Gasteiger partial charge on any atom is 0.345 e. The van der Waals surface area contributed by atoms with Gasteiger partial charge in [0.25, 0.3) is 5.79 Å². The van der Waals surface area contributed by atoms with Gasteiger partial charge in [0, 0.05) is 17.6 Å². The molecule has 1 unspecified atom stereocenters. The average Bonchev–Trinajstić information content (AvgIpc) is 3.30. The molecule has 0 saturated carbocycles. The Morgan fingerprint density at radius 1 is 1.07 bits per heavy atom. The van der Waals surface area contributed by atoms with Gasteiger partial charge in [0.05, 0.1) is 0 Å². The molecule has 144 valence electrons. The van der Waals surface area contributed by atoms with Gasteiger partial charge in [-0.15, -0.1) is 0 Å². The molecular formula is C23H22O5. The minimum absolute atomic E-state index is 0.0340. The van der Waals surface area contributed by atoms with Crippen molar-refractivity contribution in [2.75, 3.05) is 6.79 Å². The van der Waals surface area contributed by atoms with Gasteiger partial charge in [-0.05, 0) is 17.0 Å². The minimum atomic E-state index is -1.86. The second kappa shape index (κ2) is 7.17.